The van der Waals surface area contributed by atoms with Crippen molar-refractivity contribution in [2.75, 3.05) is 13.1 Å². The van der Waals surface area contributed by atoms with Crippen LogP contribution in [0.4, 0.5) is 0 Å². The van der Waals surface area contributed by atoms with E-state index in [0.717, 1.165) is 25.9 Å². The minimum absolute atomic E-state index is 1.04. The van der Waals surface area contributed by atoms with Crippen molar-refractivity contribution in [2.24, 2.45) is 0 Å². The third kappa shape index (κ3) is 1.59. The summed E-state index contributed by atoms with van der Waals surface area (Å²) in [4.78, 5) is 0. The zero-order valence-corrected chi connectivity index (χ0v) is 7.19. The van der Waals surface area contributed by atoms with Gasteiger partial charge in [0.15, 0.2) is 0 Å². The number of hydrogen-bond donors (Lipinski definition) is 0. The maximum Gasteiger partial charge on any atom is 0.0365 e. The van der Waals surface area contributed by atoms with Gasteiger partial charge in [0, 0.05) is 25.5 Å². The van der Waals surface area contributed by atoms with Gasteiger partial charge in [-0.05, 0) is 12.8 Å². The van der Waals surface area contributed by atoms with E-state index in [9.17, 15) is 0 Å². The molecule has 0 spiro atoms. The standard InChI is InChI=1S/C10H14N2/c1-3-7-11(8-4-1)12-9-5-2-6-10-12/h1,3,5-6,9-10H,2,4,7-8H2. The van der Waals surface area contributed by atoms with E-state index in [1.807, 2.05) is 0 Å². The van der Waals surface area contributed by atoms with Crippen molar-refractivity contribution in [3.63, 3.8) is 0 Å². The normalized spacial score (nSPS) is 23.5. The van der Waals surface area contributed by atoms with E-state index in [-0.39, 0.29) is 0 Å². The summed E-state index contributed by atoms with van der Waals surface area (Å²) < 4.78 is 0. The smallest absolute Gasteiger partial charge is 0.0365 e. The lowest BCUT2D eigenvalue weighted by Crippen LogP contribution is -2.38. The molecule has 12 heavy (non-hydrogen) atoms. The van der Waals surface area contributed by atoms with Gasteiger partial charge in [-0.2, -0.15) is 0 Å². The number of hydrazine groups is 1. The highest BCUT2D eigenvalue weighted by molar-refractivity contribution is 5.02. The predicted molar refractivity (Wildman–Crippen MR) is 50.1 cm³/mol. The van der Waals surface area contributed by atoms with Crippen molar-refractivity contribution in [3.05, 3.63) is 36.7 Å². The van der Waals surface area contributed by atoms with Gasteiger partial charge in [-0.25, -0.2) is 5.01 Å². The number of hydrogen-bond acceptors (Lipinski definition) is 2. The molecule has 0 N–H and O–H groups in total. The molecule has 0 aromatic rings. The van der Waals surface area contributed by atoms with Crippen LogP contribution >= 0.6 is 0 Å². The molecule has 2 nitrogen and oxygen atoms in total. The van der Waals surface area contributed by atoms with Gasteiger partial charge in [-0.3, -0.25) is 5.01 Å². The Labute approximate surface area is 73.4 Å². The summed E-state index contributed by atoms with van der Waals surface area (Å²) in [7, 11) is 0. The summed E-state index contributed by atoms with van der Waals surface area (Å²) in [6.07, 6.45) is 15.3. The van der Waals surface area contributed by atoms with Crippen LogP contribution in [-0.2, 0) is 0 Å². The van der Waals surface area contributed by atoms with E-state index in [1.54, 1.807) is 0 Å². The molecular weight excluding hydrogens is 148 g/mol. The van der Waals surface area contributed by atoms with Crippen molar-refractivity contribution in [3.8, 4) is 0 Å². The molecule has 0 fully saturated rings. The van der Waals surface area contributed by atoms with Crippen molar-refractivity contribution >= 4 is 0 Å². The van der Waals surface area contributed by atoms with Gasteiger partial charge in [0.25, 0.3) is 0 Å². The fourth-order valence-corrected chi connectivity index (χ4v) is 1.49. The van der Waals surface area contributed by atoms with E-state index in [1.165, 1.54) is 0 Å². The van der Waals surface area contributed by atoms with Gasteiger partial charge in [-0.15, -0.1) is 0 Å². The van der Waals surface area contributed by atoms with Gasteiger partial charge in [0.1, 0.15) is 0 Å². The second kappa shape index (κ2) is 3.59. The van der Waals surface area contributed by atoms with Crippen molar-refractivity contribution < 1.29 is 0 Å². The molecule has 2 aliphatic rings. The Hall–Kier alpha value is -1.02. The quantitative estimate of drug-likeness (QED) is 0.543. The molecule has 0 saturated carbocycles. The minimum atomic E-state index is 1.04. The summed E-state index contributed by atoms with van der Waals surface area (Å²) in [5.41, 5.74) is 0. The van der Waals surface area contributed by atoms with Crippen LogP contribution in [0.3, 0.4) is 0 Å². The third-order valence-electron chi connectivity index (χ3n) is 2.15. The fourth-order valence-electron chi connectivity index (χ4n) is 1.49. The molecule has 0 aromatic heterocycles. The second-order valence-electron chi connectivity index (χ2n) is 3.06. The highest BCUT2D eigenvalue weighted by Gasteiger charge is 2.10. The zero-order valence-electron chi connectivity index (χ0n) is 7.19. The van der Waals surface area contributed by atoms with Crippen LogP contribution in [0.25, 0.3) is 0 Å². The van der Waals surface area contributed by atoms with Crippen molar-refractivity contribution in [1.29, 1.82) is 0 Å². The Morgan fingerprint density at radius 3 is 2.42 bits per heavy atom. The number of rotatable bonds is 1. The Balaban J connectivity index is 1.98. The number of allylic oxidation sites excluding steroid dienone is 2. The first-order valence-electron chi connectivity index (χ1n) is 4.48. The molecule has 0 unspecified atom stereocenters. The minimum Gasteiger partial charge on any atom is -0.289 e. The number of nitrogens with zero attached hydrogens (tertiary/aromatic N) is 2. The predicted octanol–water partition coefficient (Wildman–Crippen LogP) is 1.90. The average molecular weight is 162 g/mol. The SMILES string of the molecule is C1=CN(N2CC=CCC2)C=CC1. The Bertz CT molecular complexity index is 216. The first kappa shape index (κ1) is 7.62. The first-order chi connectivity index (χ1) is 5.97. The second-order valence-corrected chi connectivity index (χ2v) is 3.06. The highest BCUT2D eigenvalue weighted by atomic mass is 15.6. The van der Waals surface area contributed by atoms with Crippen LogP contribution in [0.2, 0.25) is 0 Å². The molecule has 0 aromatic carbocycles. The summed E-state index contributed by atoms with van der Waals surface area (Å²) in [6, 6.07) is 0. The summed E-state index contributed by atoms with van der Waals surface area (Å²) >= 11 is 0. The first-order valence-corrected chi connectivity index (χ1v) is 4.48. The molecule has 2 heterocycles. The van der Waals surface area contributed by atoms with Gasteiger partial charge < -0.3 is 0 Å². The maximum atomic E-state index is 2.33. The van der Waals surface area contributed by atoms with Crippen LogP contribution in [0.1, 0.15) is 12.8 Å². The zero-order chi connectivity index (χ0) is 8.23. The molecular formula is C10H14N2. The highest BCUT2D eigenvalue weighted by Crippen LogP contribution is 2.10. The van der Waals surface area contributed by atoms with Gasteiger partial charge in [0.2, 0.25) is 0 Å². The van der Waals surface area contributed by atoms with Crippen LogP contribution in [0, 0.1) is 0 Å². The van der Waals surface area contributed by atoms with E-state index < -0.39 is 0 Å². The van der Waals surface area contributed by atoms with E-state index in [4.69, 9.17) is 0 Å². The molecule has 2 rings (SSSR count). The molecule has 2 aliphatic heterocycles. The van der Waals surface area contributed by atoms with Crippen LogP contribution in [0.5, 0.6) is 0 Å². The topological polar surface area (TPSA) is 6.48 Å². The van der Waals surface area contributed by atoms with Crippen LogP contribution in [0.15, 0.2) is 36.7 Å². The lowest BCUT2D eigenvalue weighted by molar-refractivity contribution is 0.0790. The molecule has 2 heteroatoms. The summed E-state index contributed by atoms with van der Waals surface area (Å²) in [6.45, 7) is 2.17. The molecule has 0 atom stereocenters. The van der Waals surface area contributed by atoms with Gasteiger partial charge >= 0.3 is 0 Å². The molecule has 0 bridgehead atoms. The lowest BCUT2D eigenvalue weighted by atomic mass is 10.3. The van der Waals surface area contributed by atoms with Gasteiger partial charge in [-0.1, -0.05) is 24.3 Å². The van der Waals surface area contributed by atoms with Crippen LogP contribution in [-0.4, -0.2) is 23.1 Å². The monoisotopic (exact) mass is 162 g/mol. The Morgan fingerprint density at radius 2 is 1.75 bits per heavy atom. The molecule has 0 radical (unpaired) electrons. The van der Waals surface area contributed by atoms with Crippen molar-refractivity contribution in [2.45, 2.75) is 12.8 Å². The van der Waals surface area contributed by atoms with Crippen LogP contribution < -0.4 is 0 Å². The molecule has 0 saturated heterocycles. The van der Waals surface area contributed by atoms with E-state index in [0.29, 0.717) is 0 Å². The molecule has 0 amide bonds. The molecule has 0 aliphatic carbocycles. The van der Waals surface area contributed by atoms with Gasteiger partial charge in [0.05, 0.1) is 0 Å². The molecule has 64 valence electrons. The largest absolute Gasteiger partial charge is 0.289 e. The Morgan fingerprint density at radius 1 is 0.917 bits per heavy atom. The summed E-state index contributed by atoms with van der Waals surface area (Å²) in [5.74, 6) is 0. The van der Waals surface area contributed by atoms with E-state index >= 15 is 0 Å². The third-order valence-corrected chi connectivity index (χ3v) is 2.15. The summed E-state index contributed by atoms with van der Waals surface area (Å²) in [5, 5.41) is 4.50. The van der Waals surface area contributed by atoms with Crippen molar-refractivity contribution in [1.82, 2.24) is 10.0 Å². The van der Waals surface area contributed by atoms with E-state index in [2.05, 4.69) is 46.7 Å². The lowest BCUT2D eigenvalue weighted by Gasteiger charge is -2.33. The maximum absolute atomic E-state index is 2.33. The fraction of sp³-hybridized carbons (Fsp3) is 0.400. The Kier molecular flexibility index (Phi) is 2.28. The average Bonchev–Trinajstić information content (AvgIpc) is 2.21.